The van der Waals surface area contributed by atoms with Crippen LogP contribution in [0, 0.1) is 5.41 Å². The Kier molecular flexibility index (Phi) is 3.51. The van der Waals surface area contributed by atoms with Crippen molar-refractivity contribution in [2.75, 3.05) is 26.2 Å². The molecule has 1 aromatic carbocycles. The van der Waals surface area contributed by atoms with Gasteiger partial charge < -0.3 is 9.84 Å². The van der Waals surface area contributed by atoms with Crippen LogP contribution in [-0.2, 0) is 10.0 Å². The number of hydrogen-bond donors (Lipinski definition) is 1. The van der Waals surface area contributed by atoms with Crippen LogP contribution in [0.2, 0.25) is 0 Å². The van der Waals surface area contributed by atoms with Crippen LogP contribution >= 0.6 is 0 Å². The molecular formula is C16H19N3O3S. The molecule has 0 aliphatic carbocycles. The number of nitrogens with one attached hydrogen (secondary N) is 1. The van der Waals surface area contributed by atoms with Crippen LogP contribution < -0.4 is 5.32 Å². The zero-order chi connectivity index (χ0) is 15.9. The molecule has 0 bridgehead atoms. The predicted molar refractivity (Wildman–Crippen MR) is 85.2 cm³/mol. The molecule has 1 atom stereocenters. The average Bonchev–Trinajstić information content (AvgIpc) is 3.30. The lowest BCUT2D eigenvalue weighted by molar-refractivity contribution is 0.338. The van der Waals surface area contributed by atoms with Gasteiger partial charge in [0.05, 0.1) is 11.1 Å². The Balaban J connectivity index is 1.70. The number of rotatable bonds is 3. The van der Waals surface area contributed by atoms with Crippen LogP contribution in [0.5, 0.6) is 0 Å². The maximum absolute atomic E-state index is 13.1. The van der Waals surface area contributed by atoms with Gasteiger partial charge in [-0.2, -0.15) is 4.31 Å². The monoisotopic (exact) mass is 333 g/mol. The Morgan fingerprint density at radius 1 is 1.22 bits per heavy atom. The lowest BCUT2D eigenvalue weighted by Crippen LogP contribution is -2.33. The molecule has 2 aliphatic rings. The molecule has 4 rings (SSSR count). The minimum Gasteiger partial charge on any atom is -0.356 e. The van der Waals surface area contributed by atoms with Crippen molar-refractivity contribution in [1.82, 2.24) is 14.8 Å². The molecular weight excluding hydrogens is 314 g/mol. The van der Waals surface area contributed by atoms with Crippen LogP contribution in [0.3, 0.4) is 0 Å². The van der Waals surface area contributed by atoms with Crippen LogP contribution in [0.25, 0.3) is 11.3 Å². The van der Waals surface area contributed by atoms with Crippen LogP contribution in [0.4, 0.5) is 0 Å². The Bertz CT molecular complexity index is 796. The largest absolute Gasteiger partial charge is 0.356 e. The van der Waals surface area contributed by atoms with Crippen LogP contribution in [-0.4, -0.2) is 44.1 Å². The third-order valence-corrected chi connectivity index (χ3v) is 6.85. The molecule has 0 saturated carbocycles. The van der Waals surface area contributed by atoms with E-state index in [4.69, 9.17) is 4.52 Å². The first-order chi connectivity index (χ1) is 11.1. The predicted octanol–water partition coefficient (Wildman–Crippen LogP) is 1.72. The summed E-state index contributed by atoms with van der Waals surface area (Å²) in [6.07, 6.45) is 3.49. The molecule has 23 heavy (non-hydrogen) atoms. The van der Waals surface area contributed by atoms with Crippen molar-refractivity contribution in [2.45, 2.75) is 17.7 Å². The summed E-state index contributed by atoms with van der Waals surface area (Å²) in [5.41, 5.74) is 0.671. The summed E-state index contributed by atoms with van der Waals surface area (Å²) < 4.78 is 33.1. The zero-order valence-electron chi connectivity index (χ0n) is 12.7. The van der Waals surface area contributed by atoms with Crippen molar-refractivity contribution in [3.8, 4) is 11.3 Å². The standard InChI is InChI=1S/C16H19N3O3S/c20-23(21,19-10-7-16(12-19)6-9-17-11-16)15-4-2-1-3-13(15)14-5-8-18-22-14/h1-5,8,17H,6-7,9-12H2. The highest BCUT2D eigenvalue weighted by molar-refractivity contribution is 7.89. The zero-order valence-corrected chi connectivity index (χ0v) is 13.6. The van der Waals surface area contributed by atoms with Crippen LogP contribution in [0.1, 0.15) is 12.8 Å². The molecule has 7 heteroatoms. The molecule has 0 amide bonds. The van der Waals surface area contributed by atoms with E-state index in [1.807, 2.05) is 6.07 Å². The molecule has 2 aliphatic heterocycles. The maximum Gasteiger partial charge on any atom is 0.243 e. The van der Waals surface area contributed by atoms with E-state index in [0.717, 1.165) is 25.9 Å². The Labute approximate surface area is 135 Å². The fourth-order valence-corrected chi connectivity index (χ4v) is 5.38. The van der Waals surface area contributed by atoms with Crippen molar-refractivity contribution >= 4 is 10.0 Å². The van der Waals surface area contributed by atoms with E-state index in [0.29, 0.717) is 29.3 Å². The van der Waals surface area contributed by atoms with Crippen molar-refractivity contribution in [1.29, 1.82) is 0 Å². The van der Waals surface area contributed by atoms with Crippen molar-refractivity contribution in [2.24, 2.45) is 5.41 Å². The quantitative estimate of drug-likeness (QED) is 0.925. The van der Waals surface area contributed by atoms with Gasteiger partial charge in [0.15, 0.2) is 5.76 Å². The molecule has 6 nitrogen and oxygen atoms in total. The Morgan fingerprint density at radius 2 is 2.09 bits per heavy atom. The average molecular weight is 333 g/mol. The number of nitrogens with zero attached hydrogens (tertiary/aromatic N) is 2. The first kappa shape index (κ1) is 14.9. The third-order valence-electron chi connectivity index (χ3n) is 4.94. The molecule has 122 valence electrons. The molecule has 1 unspecified atom stereocenters. The Morgan fingerprint density at radius 3 is 2.83 bits per heavy atom. The van der Waals surface area contributed by atoms with Crippen molar-refractivity contribution < 1.29 is 12.9 Å². The molecule has 1 aromatic heterocycles. The molecule has 1 spiro atoms. The second-order valence-corrected chi connectivity index (χ2v) is 8.29. The first-order valence-corrected chi connectivity index (χ1v) is 9.26. The van der Waals surface area contributed by atoms with E-state index < -0.39 is 10.0 Å². The SMILES string of the molecule is O=S(=O)(c1ccccc1-c1ccno1)N1CCC2(CCNC2)C1. The summed E-state index contributed by atoms with van der Waals surface area (Å²) in [6.45, 7) is 3.05. The molecule has 1 N–H and O–H groups in total. The van der Waals surface area contributed by atoms with Crippen molar-refractivity contribution in [3.05, 3.63) is 36.5 Å². The highest BCUT2D eigenvalue weighted by Crippen LogP contribution is 2.39. The minimum atomic E-state index is -3.54. The van der Waals surface area contributed by atoms with Crippen LogP contribution in [0.15, 0.2) is 45.9 Å². The molecule has 2 saturated heterocycles. The van der Waals surface area contributed by atoms with Gasteiger partial charge in [-0.15, -0.1) is 0 Å². The number of benzene rings is 1. The number of aromatic nitrogens is 1. The number of sulfonamides is 1. The highest BCUT2D eigenvalue weighted by atomic mass is 32.2. The Hall–Kier alpha value is -1.70. The van der Waals surface area contributed by atoms with E-state index in [2.05, 4.69) is 10.5 Å². The summed E-state index contributed by atoms with van der Waals surface area (Å²) in [6, 6.07) is 8.64. The van der Waals surface area contributed by atoms with Gasteiger partial charge in [-0.1, -0.05) is 17.3 Å². The van der Waals surface area contributed by atoms with E-state index in [9.17, 15) is 8.42 Å². The summed E-state index contributed by atoms with van der Waals surface area (Å²) in [4.78, 5) is 0.291. The molecule has 3 heterocycles. The number of hydrogen-bond acceptors (Lipinski definition) is 5. The summed E-state index contributed by atoms with van der Waals surface area (Å²) in [5.74, 6) is 0.473. The minimum absolute atomic E-state index is 0.105. The lowest BCUT2D eigenvalue weighted by atomic mass is 9.87. The molecule has 0 radical (unpaired) electrons. The molecule has 2 fully saturated rings. The molecule has 2 aromatic rings. The van der Waals surface area contributed by atoms with Gasteiger partial charge in [-0.25, -0.2) is 8.42 Å². The first-order valence-electron chi connectivity index (χ1n) is 7.82. The van der Waals surface area contributed by atoms with Gasteiger partial charge in [0.2, 0.25) is 10.0 Å². The fraction of sp³-hybridized carbons (Fsp3) is 0.438. The van der Waals surface area contributed by atoms with E-state index in [-0.39, 0.29) is 5.41 Å². The summed E-state index contributed by atoms with van der Waals surface area (Å²) in [7, 11) is -3.54. The second kappa shape index (κ2) is 5.43. The fourth-order valence-electron chi connectivity index (χ4n) is 3.63. The maximum atomic E-state index is 13.1. The van der Waals surface area contributed by atoms with Gasteiger partial charge in [0.25, 0.3) is 0 Å². The van der Waals surface area contributed by atoms with E-state index in [1.54, 1.807) is 28.6 Å². The van der Waals surface area contributed by atoms with Gasteiger partial charge in [0, 0.05) is 31.3 Å². The lowest BCUT2D eigenvalue weighted by Gasteiger charge is -2.23. The highest BCUT2D eigenvalue weighted by Gasteiger charge is 2.44. The van der Waals surface area contributed by atoms with Crippen molar-refractivity contribution in [3.63, 3.8) is 0 Å². The summed E-state index contributed by atoms with van der Waals surface area (Å²) >= 11 is 0. The topological polar surface area (TPSA) is 75.4 Å². The van der Waals surface area contributed by atoms with Gasteiger partial charge in [-0.05, 0) is 36.9 Å². The van der Waals surface area contributed by atoms with Gasteiger partial charge >= 0.3 is 0 Å². The summed E-state index contributed by atoms with van der Waals surface area (Å²) in [5, 5.41) is 7.04. The van der Waals surface area contributed by atoms with Gasteiger partial charge in [-0.3, -0.25) is 0 Å². The van der Waals surface area contributed by atoms with Gasteiger partial charge in [0.1, 0.15) is 0 Å². The smallest absolute Gasteiger partial charge is 0.243 e. The second-order valence-electron chi connectivity index (χ2n) is 6.39. The van der Waals surface area contributed by atoms with E-state index in [1.165, 1.54) is 6.20 Å². The third kappa shape index (κ3) is 2.49. The van der Waals surface area contributed by atoms with E-state index >= 15 is 0 Å². The normalized spacial score (nSPS) is 25.4.